The van der Waals surface area contributed by atoms with Crippen LogP contribution in [0.1, 0.15) is 40.0 Å². The molecule has 0 fully saturated rings. The number of carbonyl (C=O) groups excluding carboxylic acids is 1. The lowest BCUT2D eigenvalue weighted by Crippen LogP contribution is -2.26. The molecule has 0 aliphatic carbocycles. The molecule has 4 rings (SSSR count). The Kier molecular flexibility index (Phi) is 7.93. The summed E-state index contributed by atoms with van der Waals surface area (Å²) in [7, 11) is -4.83. The van der Waals surface area contributed by atoms with Crippen LogP contribution in [0.3, 0.4) is 0 Å². The molecule has 0 bridgehead atoms. The van der Waals surface area contributed by atoms with Gasteiger partial charge < -0.3 is 16.2 Å². The number of amides is 1. The number of hydrogen-bond donors (Lipinski definition) is 4. The van der Waals surface area contributed by atoms with Crippen molar-refractivity contribution in [3.8, 4) is 5.75 Å². The van der Waals surface area contributed by atoms with E-state index in [1.54, 1.807) is 6.07 Å². The van der Waals surface area contributed by atoms with Gasteiger partial charge in [-0.25, -0.2) is 4.98 Å². The van der Waals surface area contributed by atoms with Crippen molar-refractivity contribution in [3.63, 3.8) is 0 Å². The highest BCUT2D eigenvalue weighted by molar-refractivity contribution is 7.87. The fourth-order valence-electron chi connectivity index (χ4n) is 3.96. The molecule has 14 heteroatoms. The second kappa shape index (κ2) is 11.3. The standard InChI is InChI=1S/C26H24N6O7S/c1-16(19-5-2-17(3-6-19)14-18-4-11-22(25(27)34)23(33)15-18)29-26-28-13-12-24(30-26)31(40(37,38)39)20-7-9-21(10-8-20)32(35)36/h2-13,15-16,33H,14H2,1H3,(H2,27,34)(H,28,29,30)(H,37,38,39). The van der Waals surface area contributed by atoms with E-state index in [4.69, 9.17) is 5.73 Å². The molecule has 0 aliphatic heterocycles. The van der Waals surface area contributed by atoms with Crippen LogP contribution in [0.4, 0.5) is 23.1 Å². The molecule has 0 saturated heterocycles. The zero-order valence-corrected chi connectivity index (χ0v) is 21.8. The fourth-order valence-corrected chi connectivity index (χ4v) is 4.68. The summed E-state index contributed by atoms with van der Waals surface area (Å²) in [6, 6.07) is 17.8. The van der Waals surface area contributed by atoms with Crippen LogP contribution in [0.2, 0.25) is 0 Å². The Balaban J connectivity index is 1.49. The summed E-state index contributed by atoms with van der Waals surface area (Å²) in [5.74, 6) is -0.985. The van der Waals surface area contributed by atoms with E-state index in [9.17, 15) is 33.0 Å². The summed E-state index contributed by atoms with van der Waals surface area (Å²) >= 11 is 0. The maximum absolute atomic E-state index is 12.2. The van der Waals surface area contributed by atoms with E-state index < -0.39 is 21.1 Å². The number of primary amides is 1. The Morgan fingerprint density at radius 1 is 1.07 bits per heavy atom. The zero-order chi connectivity index (χ0) is 29.0. The van der Waals surface area contributed by atoms with Crippen LogP contribution in [-0.2, 0) is 16.7 Å². The minimum absolute atomic E-state index is 0.0535. The molecule has 1 amide bonds. The van der Waals surface area contributed by atoms with Crippen LogP contribution in [-0.4, -0.2) is 38.9 Å². The van der Waals surface area contributed by atoms with Crippen molar-refractivity contribution in [3.05, 3.63) is 111 Å². The number of phenols is 1. The number of rotatable bonds is 10. The minimum Gasteiger partial charge on any atom is -0.507 e. The first-order chi connectivity index (χ1) is 18.9. The average Bonchev–Trinajstić information content (AvgIpc) is 2.89. The third-order valence-corrected chi connectivity index (χ3v) is 6.80. The number of nitro benzene ring substituents is 1. The number of nitrogens with one attached hydrogen (secondary N) is 1. The minimum atomic E-state index is -4.83. The van der Waals surface area contributed by atoms with Gasteiger partial charge in [0.1, 0.15) is 5.75 Å². The molecule has 206 valence electrons. The van der Waals surface area contributed by atoms with Crippen LogP contribution in [0.15, 0.2) is 79.0 Å². The van der Waals surface area contributed by atoms with E-state index in [2.05, 4.69) is 15.3 Å². The molecule has 0 radical (unpaired) electrons. The summed E-state index contributed by atoms with van der Waals surface area (Å²) in [5, 5.41) is 24.0. The van der Waals surface area contributed by atoms with Gasteiger partial charge in [-0.05, 0) is 54.3 Å². The first-order valence-electron chi connectivity index (χ1n) is 11.7. The normalized spacial score (nSPS) is 11.9. The quantitative estimate of drug-likeness (QED) is 0.124. The maximum atomic E-state index is 12.2. The van der Waals surface area contributed by atoms with Gasteiger partial charge in [0.2, 0.25) is 5.95 Å². The zero-order valence-electron chi connectivity index (χ0n) is 21.0. The van der Waals surface area contributed by atoms with Gasteiger partial charge in [-0.3, -0.25) is 19.5 Å². The predicted molar refractivity (Wildman–Crippen MR) is 147 cm³/mol. The predicted octanol–water partition coefficient (Wildman–Crippen LogP) is 3.89. The number of non-ortho nitro benzene ring substituents is 1. The first kappa shape index (κ1) is 27.9. The van der Waals surface area contributed by atoms with E-state index in [-0.39, 0.29) is 40.5 Å². The second-order valence-corrected chi connectivity index (χ2v) is 10.0. The average molecular weight is 565 g/mol. The summed E-state index contributed by atoms with van der Waals surface area (Å²) < 4.78 is 34.7. The maximum Gasteiger partial charge on any atom is 0.365 e. The molecule has 0 spiro atoms. The summed E-state index contributed by atoms with van der Waals surface area (Å²) in [5.41, 5.74) is 7.59. The van der Waals surface area contributed by atoms with Crippen molar-refractivity contribution in [2.45, 2.75) is 19.4 Å². The smallest absolute Gasteiger partial charge is 0.365 e. The highest BCUT2D eigenvalue weighted by atomic mass is 32.2. The summed E-state index contributed by atoms with van der Waals surface area (Å²) in [6.45, 7) is 1.85. The molecule has 4 aromatic rings. The number of hydrogen-bond acceptors (Lipinski definition) is 9. The summed E-state index contributed by atoms with van der Waals surface area (Å²) in [4.78, 5) is 29.9. The van der Waals surface area contributed by atoms with E-state index in [1.165, 1.54) is 36.5 Å². The summed E-state index contributed by atoms with van der Waals surface area (Å²) in [6.07, 6.45) is 1.82. The highest BCUT2D eigenvalue weighted by Crippen LogP contribution is 2.29. The van der Waals surface area contributed by atoms with Crippen LogP contribution in [0, 0.1) is 10.1 Å². The van der Waals surface area contributed by atoms with E-state index in [0.717, 1.165) is 28.8 Å². The molecule has 0 saturated carbocycles. The van der Waals surface area contributed by atoms with E-state index >= 15 is 0 Å². The third kappa shape index (κ3) is 6.48. The van der Waals surface area contributed by atoms with Crippen molar-refractivity contribution >= 4 is 39.4 Å². The third-order valence-electron chi connectivity index (χ3n) is 5.94. The van der Waals surface area contributed by atoms with Gasteiger partial charge in [0.25, 0.3) is 11.6 Å². The second-order valence-electron chi connectivity index (χ2n) is 8.75. The van der Waals surface area contributed by atoms with Crippen molar-refractivity contribution in [2.24, 2.45) is 5.73 Å². The van der Waals surface area contributed by atoms with Gasteiger partial charge in [-0.2, -0.15) is 17.7 Å². The van der Waals surface area contributed by atoms with Gasteiger partial charge in [0.05, 0.1) is 22.2 Å². The van der Waals surface area contributed by atoms with Crippen molar-refractivity contribution < 1.29 is 27.8 Å². The molecule has 0 aliphatic rings. The number of nitrogens with zero attached hydrogens (tertiary/aromatic N) is 4. The number of carbonyl (C=O) groups is 1. The molecule has 13 nitrogen and oxygen atoms in total. The molecule has 1 unspecified atom stereocenters. The van der Waals surface area contributed by atoms with Gasteiger partial charge in [0, 0.05) is 24.4 Å². The number of nitrogens with two attached hydrogens (primary N) is 1. The molecule has 40 heavy (non-hydrogen) atoms. The topological polar surface area (TPSA) is 202 Å². The van der Waals surface area contributed by atoms with Crippen LogP contribution >= 0.6 is 0 Å². The Labute approximate surface area is 229 Å². The van der Waals surface area contributed by atoms with Crippen molar-refractivity contribution in [2.75, 3.05) is 9.62 Å². The number of aromatic nitrogens is 2. The molecular formula is C26H24N6O7S. The van der Waals surface area contributed by atoms with Crippen molar-refractivity contribution in [1.82, 2.24) is 9.97 Å². The van der Waals surface area contributed by atoms with Gasteiger partial charge in [-0.15, -0.1) is 0 Å². The largest absolute Gasteiger partial charge is 0.507 e. The number of anilines is 3. The molecule has 3 aromatic carbocycles. The molecule has 5 N–H and O–H groups in total. The van der Waals surface area contributed by atoms with Crippen molar-refractivity contribution in [1.29, 1.82) is 0 Å². The monoisotopic (exact) mass is 564 g/mol. The van der Waals surface area contributed by atoms with Crippen LogP contribution in [0.25, 0.3) is 0 Å². The highest BCUT2D eigenvalue weighted by Gasteiger charge is 2.25. The SMILES string of the molecule is CC(Nc1nccc(N(c2ccc([N+](=O)[O-])cc2)S(=O)(=O)O)n1)c1ccc(Cc2ccc(C(N)=O)c(O)c2)cc1. The van der Waals surface area contributed by atoms with Crippen LogP contribution < -0.4 is 15.4 Å². The number of aromatic hydroxyl groups is 1. The number of nitro groups is 1. The van der Waals surface area contributed by atoms with Crippen LogP contribution in [0.5, 0.6) is 5.75 Å². The van der Waals surface area contributed by atoms with E-state index in [0.29, 0.717) is 10.7 Å². The van der Waals surface area contributed by atoms with Gasteiger partial charge in [0.15, 0.2) is 5.82 Å². The first-order valence-corrected chi connectivity index (χ1v) is 13.1. The van der Waals surface area contributed by atoms with Gasteiger partial charge in [-0.1, -0.05) is 30.3 Å². The number of benzene rings is 3. The fraction of sp³-hybridized carbons (Fsp3) is 0.115. The lowest BCUT2D eigenvalue weighted by atomic mass is 10.00. The molecule has 1 heterocycles. The lowest BCUT2D eigenvalue weighted by Gasteiger charge is -2.21. The molecule has 1 aromatic heterocycles. The Bertz CT molecular complexity index is 1660. The lowest BCUT2D eigenvalue weighted by molar-refractivity contribution is -0.384. The molecular weight excluding hydrogens is 540 g/mol. The Morgan fingerprint density at radius 3 is 2.30 bits per heavy atom. The Morgan fingerprint density at radius 2 is 1.73 bits per heavy atom. The molecule has 1 atom stereocenters. The Hall–Kier alpha value is -5.08. The van der Waals surface area contributed by atoms with E-state index in [1.807, 2.05) is 31.2 Å². The van der Waals surface area contributed by atoms with Gasteiger partial charge >= 0.3 is 10.3 Å².